The fraction of sp³-hybridized carbons (Fsp3) is 0.133. The summed E-state index contributed by atoms with van der Waals surface area (Å²) in [6.45, 7) is 3.92. The third-order valence-electron chi connectivity index (χ3n) is 2.98. The van der Waals surface area contributed by atoms with Gasteiger partial charge in [-0.2, -0.15) is 0 Å². The van der Waals surface area contributed by atoms with Gasteiger partial charge in [0, 0.05) is 11.3 Å². The zero-order valence-electron chi connectivity index (χ0n) is 11.1. The van der Waals surface area contributed by atoms with E-state index >= 15 is 0 Å². The van der Waals surface area contributed by atoms with Crippen molar-refractivity contribution >= 4 is 51.8 Å². The molecule has 0 saturated heterocycles. The first-order valence-electron chi connectivity index (χ1n) is 6.02. The Hall–Kier alpha value is -1.29. The molecule has 0 bridgehead atoms. The van der Waals surface area contributed by atoms with Gasteiger partial charge in [-0.05, 0) is 43.2 Å². The summed E-state index contributed by atoms with van der Waals surface area (Å²) in [6, 6.07) is 9.49. The van der Waals surface area contributed by atoms with Crippen molar-refractivity contribution in [3.8, 4) is 0 Å². The number of aryl methyl sites for hydroxylation is 2. The van der Waals surface area contributed by atoms with Crippen molar-refractivity contribution in [3.63, 3.8) is 0 Å². The second kappa shape index (κ2) is 6.00. The van der Waals surface area contributed by atoms with E-state index in [4.69, 9.17) is 41.2 Å². The van der Waals surface area contributed by atoms with Crippen molar-refractivity contribution in [2.75, 3.05) is 5.32 Å². The Morgan fingerprint density at radius 1 is 1.15 bits per heavy atom. The monoisotopic (exact) mass is 324 g/mol. The van der Waals surface area contributed by atoms with Crippen molar-refractivity contribution in [2.45, 2.75) is 13.8 Å². The van der Waals surface area contributed by atoms with Crippen LogP contribution < -0.4 is 11.1 Å². The number of hydrogen-bond acceptors (Lipinski definition) is 2. The smallest absolute Gasteiger partial charge is 0.106 e. The largest absolute Gasteiger partial charge is 0.389 e. The molecule has 104 valence electrons. The maximum absolute atomic E-state index is 6.31. The second-order valence-corrected chi connectivity index (χ2v) is 5.82. The highest BCUT2D eigenvalue weighted by molar-refractivity contribution is 7.80. The first-order chi connectivity index (χ1) is 9.40. The summed E-state index contributed by atoms with van der Waals surface area (Å²) in [5, 5.41) is 4.38. The highest BCUT2D eigenvalue weighted by atomic mass is 35.5. The highest BCUT2D eigenvalue weighted by Gasteiger charge is 2.12. The highest BCUT2D eigenvalue weighted by Crippen LogP contribution is 2.36. The maximum atomic E-state index is 6.31. The normalized spacial score (nSPS) is 10.4. The van der Waals surface area contributed by atoms with Gasteiger partial charge in [0.05, 0.1) is 15.7 Å². The van der Waals surface area contributed by atoms with Gasteiger partial charge in [-0.1, -0.05) is 47.6 Å². The van der Waals surface area contributed by atoms with Crippen molar-refractivity contribution in [3.05, 3.63) is 57.1 Å². The summed E-state index contributed by atoms with van der Waals surface area (Å²) in [5.74, 6) is 0. The zero-order chi connectivity index (χ0) is 14.9. The molecule has 0 aromatic heterocycles. The van der Waals surface area contributed by atoms with Gasteiger partial charge in [-0.25, -0.2) is 0 Å². The Kier molecular flexibility index (Phi) is 4.53. The molecule has 0 fully saturated rings. The first-order valence-corrected chi connectivity index (χ1v) is 7.18. The van der Waals surface area contributed by atoms with Crippen LogP contribution in [0, 0.1) is 13.8 Å². The average Bonchev–Trinajstić information content (AvgIpc) is 2.39. The molecule has 5 heteroatoms. The summed E-state index contributed by atoms with van der Waals surface area (Å²) < 4.78 is 0. The molecule has 0 radical (unpaired) electrons. The molecular weight excluding hydrogens is 311 g/mol. The lowest BCUT2D eigenvalue weighted by molar-refractivity contribution is 1.41. The van der Waals surface area contributed by atoms with Crippen LogP contribution in [0.2, 0.25) is 10.0 Å². The van der Waals surface area contributed by atoms with Crippen LogP contribution in [0.1, 0.15) is 16.7 Å². The lowest BCUT2D eigenvalue weighted by Crippen LogP contribution is -2.12. The molecular formula is C15H14Cl2N2S. The fourth-order valence-corrected chi connectivity index (χ4v) is 2.53. The molecule has 0 aliphatic heterocycles. The number of nitrogens with one attached hydrogen (secondary N) is 1. The topological polar surface area (TPSA) is 38.0 Å². The van der Waals surface area contributed by atoms with Crippen LogP contribution >= 0.6 is 35.4 Å². The number of rotatable bonds is 3. The fourth-order valence-electron chi connectivity index (χ4n) is 1.88. The predicted octanol–water partition coefficient (Wildman–Crippen LogP) is 4.99. The summed E-state index contributed by atoms with van der Waals surface area (Å²) in [7, 11) is 0. The predicted molar refractivity (Wildman–Crippen MR) is 91.5 cm³/mol. The van der Waals surface area contributed by atoms with Gasteiger partial charge in [0.25, 0.3) is 0 Å². The van der Waals surface area contributed by atoms with Crippen molar-refractivity contribution in [1.82, 2.24) is 0 Å². The molecule has 3 N–H and O–H groups in total. The molecule has 2 rings (SSSR count). The quantitative estimate of drug-likeness (QED) is 0.781. The first kappa shape index (κ1) is 15.1. The Bertz CT molecular complexity index is 684. The average molecular weight is 325 g/mol. The van der Waals surface area contributed by atoms with E-state index in [0.717, 1.165) is 22.4 Å². The third kappa shape index (κ3) is 3.06. The molecule has 0 atom stereocenters. The molecule has 0 unspecified atom stereocenters. The minimum atomic E-state index is 0.326. The molecule has 0 spiro atoms. The standard InChI is InChI=1S/C15H14Cl2N2S/c1-8-3-5-10(15(18)20)12(7-8)19-14-11(16)6-4-9(2)13(14)17/h3-7,19H,1-2H3,(H2,18,20). The van der Waals surface area contributed by atoms with Crippen LogP contribution in [0.25, 0.3) is 0 Å². The van der Waals surface area contributed by atoms with Crippen LogP contribution in [-0.2, 0) is 0 Å². The number of thiocarbonyl (C=S) groups is 1. The molecule has 2 aromatic carbocycles. The number of halogens is 2. The lowest BCUT2D eigenvalue weighted by atomic mass is 10.1. The molecule has 0 saturated carbocycles. The van der Waals surface area contributed by atoms with Gasteiger partial charge in [0.2, 0.25) is 0 Å². The number of benzene rings is 2. The van der Waals surface area contributed by atoms with E-state index in [9.17, 15) is 0 Å². The van der Waals surface area contributed by atoms with E-state index in [1.165, 1.54) is 0 Å². The molecule has 0 aliphatic carbocycles. The van der Waals surface area contributed by atoms with E-state index in [1.54, 1.807) is 6.07 Å². The lowest BCUT2D eigenvalue weighted by Gasteiger charge is -2.15. The van der Waals surface area contributed by atoms with E-state index < -0.39 is 0 Å². The second-order valence-electron chi connectivity index (χ2n) is 4.59. The number of nitrogens with two attached hydrogens (primary N) is 1. The minimum absolute atomic E-state index is 0.326. The molecule has 0 heterocycles. The minimum Gasteiger partial charge on any atom is -0.389 e. The Balaban J connectivity index is 2.53. The summed E-state index contributed by atoms with van der Waals surface area (Å²) in [5.41, 5.74) is 10.0. The van der Waals surface area contributed by atoms with Crippen molar-refractivity contribution in [2.24, 2.45) is 5.73 Å². The molecule has 0 amide bonds. The Morgan fingerprint density at radius 3 is 2.50 bits per heavy atom. The van der Waals surface area contributed by atoms with E-state index in [-0.39, 0.29) is 0 Å². The van der Waals surface area contributed by atoms with Crippen LogP contribution in [0.5, 0.6) is 0 Å². The molecule has 2 nitrogen and oxygen atoms in total. The molecule has 0 aliphatic rings. The van der Waals surface area contributed by atoms with Gasteiger partial charge < -0.3 is 11.1 Å². The van der Waals surface area contributed by atoms with Crippen molar-refractivity contribution < 1.29 is 0 Å². The Morgan fingerprint density at radius 2 is 1.85 bits per heavy atom. The third-order valence-corrected chi connectivity index (χ3v) is 4.01. The summed E-state index contributed by atoms with van der Waals surface area (Å²) in [4.78, 5) is 0.326. The summed E-state index contributed by atoms with van der Waals surface area (Å²) in [6.07, 6.45) is 0. The van der Waals surface area contributed by atoms with E-state index in [0.29, 0.717) is 20.7 Å². The van der Waals surface area contributed by atoms with E-state index in [1.807, 2.05) is 38.1 Å². The van der Waals surface area contributed by atoms with Crippen molar-refractivity contribution in [1.29, 1.82) is 0 Å². The van der Waals surface area contributed by atoms with Gasteiger partial charge in [0.15, 0.2) is 0 Å². The van der Waals surface area contributed by atoms with Crippen LogP contribution in [0.3, 0.4) is 0 Å². The maximum Gasteiger partial charge on any atom is 0.106 e. The number of anilines is 2. The van der Waals surface area contributed by atoms with Crippen LogP contribution in [0.4, 0.5) is 11.4 Å². The van der Waals surface area contributed by atoms with Gasteiger partial charge in [-0.15, -0.1) is 0 Å². The van der Waals surface area contributed by atoms with Gasteiger partial charge >= 0.3 is 0 Å². The zero-order valence-corrected chi connectivity index (χ0v) is 13.5. The SMILES string of the molecule is Cc1ccc(C(N)=S)c(Nc2c(Cl)ccc(C)c2Cl)c1. The van der Waals surface area contributed by atoms with E-state index in [2.05, 4.69) is 5.32 Å². The van der Waals surface area contributed by atoms with Gasteiger partial charge in [-0.3, -0.25) is 0 Å². The van der Waals surface area contributed by atoms with Gasteiger partial charge in [0.1, 0.15) is 4.99 Å². The molecule has 20 heavy (non-hydrogen) atoms. The number of hydrogen-bond donors (Lipinski definition) is 2. The Labute approximate surface area is 133 Å². The van der Waals surface area contributed by atoms with Crippen LogP contribution in [0.15, 0.2) is 30.3 Å². The molecule has 2 aromatic rings. The summed E-state index contributed by atoms with van der Waals surface area (Å²) >= 11 is 17.6. The van der Waals surface area contributed by atoms with Crippen LogP contribution in [-0.4, -0.2) is 4.99 Å².